The molecule has 3 nitrogen and oxygen atoms in total. The van der Waals surface area contributed by atoms with E-state index in [-0.39, 0.29) is 23.0 Å². The van der Waals surface area contributed by atoms with Crippen LogP contribution in [-0.4, -0.2) is 22.2 Å². The molecule has 1 rings (SSSR count). The van der Waals surface area contributed by atoms with Gasteiger partial charge in [0.05, 0.1) is 5.92 Å². The van der Waals surface area contributed by atoms with Gasteiger partial charge in [-0.3, -0.25) is 9.59 Å². The molecule has 0 bridgehead atoms. The van der Waals surface area contributed by atoms with Crippen molar-refractivity contribution in [3.63, 3.8) is 0 Å². The van der Waals surface area contributed by atoms with Crippen LogP contribution in [0, 0.1) is 17.3 Å². The second-order valence-electron chi connectivity index (χ2n) is 4.04. The van der Waals surface area contributed by atoms with Crippen molar-refractivity contribution in [2.24, 2.45) is 17.3 Å². The summed E-state index contributed by atoms with van der Waals surface area (Å²) in [6, 6.07) is 0. The van der Waals surface area contributed by atoms with Crippen LogP contribution in [0.4, 0.5) is 0 Å². The number of carbonyl (C=O) groups excluding carboxylic acids is 1. The highest BCUT2D eigenvalue weighted by Gasteiger charge is 2.60. The van der Waals surface area contributed by atoms with Gasteiger partial charge in [-0.2, -0.15) is 0 Å². The molecule has 1 N–H and O–H groups in total. The quantitative estimate of drug-likeness (QED) is 0.566. The van der Waals surface area contributed by atoms with Gasteiger partial charge in [0.2, 0.25) is 0 Å². The van der Waals surface area contributed by atoms with Crippen LogP contribution in [0.5, 0.6) is 0 Å². The van der Waals surface area contributed by atoms with Gasteiger partial charge in [0.15, 0.2) is 5.78 Å². The van der Waals surface area contributed by atoms with E-state index in [0.717, 1.165) is 5.37 Å². The minimum absolute atomic E-state index is 0.0566. The fourth-order valence-corrected chi connectivity index (χ4v) is 1.82. The Hall–Kier alpha value is -1.03. The molecule has 2 atom stereocenters. The van der Waals surface area contributed by atoms with E-state index in [1.165, 1.54) is 6.08 Å². The number of carbonyl (C=O) groups is 2. The average molecular weight is 212 g/mol. The molecule has 0 spiro atoms. The van der Waals surface area contributed by atoms with E-state index < -0.39 is 5.97 Å². The molecule has 0 aromatic rings. The lowest BCUT2D eigenvalue weighted by Gasteiger charge is -1.95. The van der Waals surface area contributed by atoms with Gasteiger partial charge in [0.25, 0.3) is 0 Å². The molecule has 14 heavy (non-hydrogen) atoms. The van der Waals surface area contributed by atoms with E-state index in [4.69, 9.17) is 5.11 Å². The number of ketones is 1. The highest BCUT2D eigenvalue weighted by Crippen LogP contribution is 2.58. The standard InChI is InChI=1S/C10H12O3S/c1-10(2)7(8(10)9(12)13)4-3-6(11)5-14/h3-5,7-8H,1-2H3,(H,12,13). The second kappa shape index (κ2) is 3.61. The molecule has 0 amide bonds. The van der Waals surface area contributed by atoms with Crippen molar-refractivity contribution in [3.8, 4) is 0 Å². The number of aliphatic carboxylic acids is 1. The van der Waals surface area contributed by atoms with Gasteiger partial charge in [-0.1, -0.05) is 32.1 Å². The molecule has 0 radical (unpaired) electrons. The Morgan fingerprint density at radius 1 is 1.43 bits per heavy atom. The maximum absolute atomic E-state index is 10.8. The Morgan fingerprint density at radius 2 is 2.00 bits per heavy atom. The van der Waals surface area contributed by atoms with E-state index in [9.17, 15) is 9.59 Å². The number of carboxylic acid groups (broad SMARTS) is 1. The van der Waals surface area contributed by atoms with Crippen LogP contribution in [-0.2, 0) is 9.59 Å². The minimum atomic E-state index is -0.806. The molecule has 0 aliphatic heterocycles. The van der Waals surface area contributed by atoms with Crippen molar-refractivity contribution >= 4 is 29.3 Å². The fraction of sp³-hybridized carbons (Fsp3) is 0.500. The van der Waals surface area contributed by atoms with Crippen LogP contribution >= 0.6 is 12.2 Å². The predicted molar refractivity (Wildman–Crippen MR) is 56.2 cm³/mol. The van der Waals surface area contributed by atoms with E-state index in [0.29, 0.717) is 0 Å². The minimum Gasteiger partial charge on any atom is -0.481 e. The van der Waals surface area contributed by atoms with E-state index >= 15 is 0 Å². The molecule has 4 heteroatoms. The van der Waals surface area contributed by atoms with Crippen molar-refractivity contribution in [1.82, 2.24) is 0 Å². The van der Waals surface area contributed by atoms with Gasteiger partial charge in [-0.15, -0.1) is 0 Å². The first kappa shape index (κ1) is 11.0. The van der Waals surface area contributed by atoms with Crippen LogP contribution < -0.4 is 0 Å². The highest BCUT2D eigenvalue weighted by atomic mass is 32.1. The summed E-state index contributed by atoms with van der Waals surface area (Å²) in [5.41, 5.74) is -0.246. The molecular weight excluding hydrogens is 200 g/mol. The molecule has 2 unspecified atom stereocenters. The topological polar surface area (TPSA) is 54.4 Å². The first-order chi connectivity index (χ1) is 6.41. The summed E-state index contributed by atoms with van der Waals surface area (Å²) in [6.45, 7) is 3.76. The van der Waals surface area contributed by atoms with E-state index in [1.807, 2.05) is 13.8 Å². The van der Waals surface area contributed by atoms with Crippen molar-refractivity contribution in [2.45, 2.75) is 13.8 Å². The highest BCUT2D eigenvalue weighted by molar-refractivity contribution is 7.80. The number of hydrogen-bond acceptors (Lipinski definition) is 3. The summed E-state index contributed by atoms with van der Waals surface area (Å²) in [5, 5.41) is 9.88. The Morgan fingerprint density at radius 3 is 2.36 bits per heavy atom. The maximum atomic E-state index is 10.8. The van der Waals surface area contributed by atoms with E-state index in [1.54, 1.807) is 6.08 Å². The molecule has 0 saturated heterocycles. The van der Waals surface area contributed by atoms with Crippen LogP contribution in [0.15, 0.2) is 12.2 Å². The SMILES string of the molecule is CC1(C)C(C=CC(=O)C=S)C1C(=O)O. The largest absolute Gasteiger partial charge is 0.481 e. The Kier molecular flexibility index (Phi) is 2.85. The molecule has 1 fully saturated rings. The number of carboxylic acids is 1. The summed E-state index contributed by atoms with van der Waals surface area (Å²) in [7, 11) is 0. The average Bonchev–Trinajstić information content (AvgIpc) is 2.64. The number of hydrogen-bond donors (Lipinski definition) is 1. The van der Waals surface area contributed by atoms with Crippen LogP contribution in [0.2, 0.25) is 0 Å². The van der Waals surface area contributed by atoms with Gasteiger partial charge >= 0.3 is 5.97 Å². The number of allylic oxidation sites excluding steroid dienone is 2. The van der Waals surface area contributed by atoms with E-state index in [2.05, 4.69) is 12.2 Å². The van der Waals surface area contributed by atoms with Gasteiger partial charge in [0.1, 0.15) is 0 Å². The fourth-order valence-electron chi connectivity index (χ4n) is 1.75. The zero-order chi connectivity index (χ0) is 10.9. The summed E-state index contributed by atoms with van der Waals surface area (Å²) in [5.74, 6) is -1.50. The molecule has 76 valence electrons. The summed E-state index contributed by atoms with van der Waals surface area (Å²) in [4.78, 5) is 21.6. The molecule has 0 heterocycles. The molecule has 1 saturated carbocycles. The predicted octanol–water partition coefficient (Wildman–Crippen LogP) is 1.47. The maximum Gasteiger partial charge on any atom is 0.307 e. The van der Waals surface area contributed by atoms with Gasteiger partial charge in [-0.05, 0) is 17.4 Å². The monoisotopic (exact) mass is 212 g/mol. The summed E-state index contributed by atoms with van der Waals surface area (Å²) >= 11 is 4.44. The first-order valence-corrected chi connectivity index (χ1v) is 4.78. The van der Waals surface area contributed by atoms with Crippen molar-refractivity contribution in [3.05, 3.63) is 12.2 Å². The number of rotatable bonds is 4. The lowest BCUT2D eigenvalue weighted by molar-refractivity contribution is -0.139. The van der Waals surface area contributed by atoms with Gasteiger partial charge in [0, 0.05) is 5.37 Å². The van der Waals surface area contributed by atoms with Crippen molar-refractivity contribution in [2.75, 3.05) is 0 Å². The molecular formula is C10H12O3S. The summed E-state index contributed by atoms with van der Waals surface area (Å²) < 4.78 is 0. The Balaban J connectivity index is 2.66. The summed E-state index contributed by atoms with van der Waals surface area (Å²) in [6.07, 6.45) is 2.99. The number of thiocarbonyl (C=S) groups is 1. The van der Waals surface area contributed by atoms with Crippen LogP contribution in [0.25, 0.3) is 0 Å². The van der Waals surface area contributed by atoms with Gasteiger partial charge in [-0.25, -0.2) is 0 Å². The Bertz CT molecular complexity index is 317. The third-order valence-electron chi connectivity index (χ3n) is 2.76. The first-order valence-electron chi connectivity index (χ1n) is 4.31. The normalized spacial score (nSPS) is 28.7. The zero-order valence-corrected chi connectivity index (χ0v) is 8.88. The smallest absolute Gasteiger partial charge is 0.307 e. The second-order valence-corrected chi connectivity index (χ2v) is 4.28. The van der Waals surface area contributed by atoms with Crippen LogP contribution in [0.1, 0.15) is 13.8 Å². The zero-order valence-electron chi connectivity index (χ0n) is 8.06. The molecule has 1 aliphatic rings. The molecule has 0 aromatic carbocycles. The molecule has 0 aromatic heterocycles. The van der Waals surface area contributed by atoms with Gasteiger partial charge < -0.3 is 5.11 Å². The lowest BCUT2D eigenvalue weighted by Crippen LogP contribution is -2.03. The van der Waals surface area contributed by atoms with Crippen molar-refractivity contribution in [1.29, 1.82) is 0 Å². The lowest BCUT2D eigenvalue weighted by atomic mass is 10.1. The third-order valence-corrected chi connectivity index (χ3v) is 2.99. The van der Waals surface area contributed by atoms with Crippen molar-refractivity contribution < 1.29 is 14.7 Å². The van der Waals surface area contributed by atoms with Crippen LogP contribution in [0.3, 0.4) is 0 Å². The Labute approximate surface area is 87.8 Å². The molecule has 1 aliphatic carbocycles. The third kappa shape index (κ3) is 1.90.